The van der Waals surface area contributed by atoms with Crippen molar-refractivity contribution in [1.29, 1.82) is 0 Å². The predicted octanol–water partition coefficient (Wildman–Crippen LogP) is 1.73. The maximum Gasteiger partial charge on any atom is 0.401 e. The Morgan fingerprint density at radius 1 is 1.05 bits per heavy atom. The van der Waals surface area contributed by atoms with Crippen molar-refractivity contribution in [3.05, 3.63) is 0 Å². The summed E-state index contributed by atoms with van der Waals surface area (Å²) >= 11 is 0. The fourth-order valence-electron chi connectivity index (χ4n) is 2.32. The molecule has 1 atom stereocenters. The molecule has 7 heteroatoms. The van der Waals surface area contributed by atoms with Crippen molar-refractivity contribution >= 4 is 0 Å². The van der Waals surface area contributed by atoms with E-state index in [9.17, 15) is 18.3 Å². The zero-order valence-corrected chi connectivity index (χ0v) is 13.1. The first-order valence-electron chi connectivity index (χ1n) is 7.39. The van der Waals surface area contributed by atoms with Crippen molar-refractivity contribution in [3.63, 3.8) is 0 Å². The fraction of sp³-hybridized carbons (Fsp3) is 1.00. The van der Waals surface area contributed by atoms with Gasteiger partial charge in [0.05, 0.1) is 24.9 Å². The van der Waals surface area contributed by atoms with Gasteiger partial charge in [0.15, 0.2) is 0 Å². The molecule has 1 heterocycles. The third kappa shape index (κ3) is 9.29. The number of rotatable bonds is 5. The lowest BCUT2D eigenvalue weighted by Crippen LogP contribution is -2.40. The van der Waals surface area contributed by atoms with Gasteiger partial charge < -0.3 is 9.84 Å². The average molecular weight is 312 g/mol. The number of alkyl halides is 3. The largest absolute Gasteiger partial charge is 0.401 e. The summed E-state index contributed by atoms with van der Waals surface area (Å²) in [5, 5.41) is 9.95. The number of halogens is 3. The quantitative estimate of drug-likeness (QED) is 0.839. The van der Waals surface area contributed by atoms with Crippen LogP contribution in [0.3, 0.4) is 0 Å². The molecule has 0 spiro atoms. The zero-order chi connectivity index (χ0) is 16.1. The first-order valence-corrected chi connectivity index (χ1v) is 7.39. The predicted molar refractivity (Wildman–Crippen MR) is 75.3 cm³/mol. The van der Waals surface area contributed by atoms with Crippen molar-refractivity contribution in [3.8, 4) is 0 Å². The first-order chi connectivity index (χ1) is 9.55. The SMILES string of the molecule is CC(C)(C)OCC(O)CN1CCCN(CC(F)(F)F)CC1. The van der Waals surface area contributed by atoms with Crippen LogP contribution in [0.4, 0.5) is 13.2 Å². The molecule has 1 saturated heterocycles. The molecule has 1 rings (SSSR count). The Bertz CT molecular complexity index is 306. The lowest BCUT2D eigenvalue weighted by Gasteiger charge is -2.26. The van der Waals surface area contributed by atoms with Crippen molar-refractivity contribution in [1.82, 2.24) is 9.80 Å². The van der Waals surface area contributed by atoms with Gasteiger partial charge in [-0.25, -0.2) is 0 Å². The number of hydrogen-bond donors (Lipinski definition) is 1. The van der Waals surface area contributed by atoms with Gasteiger partial charge in [-0.2, -0.15) is 13.2 Å². The van der Waals surface area contributed by atoms with E-state index >= 15 is 0 Å². The summed E-state index contributed by atoms with van der Waals surface area (Å²) in [6.45, 7) is 7.67. The van der Waals surface area contributed by atoms with Crippen molar-refractivity contribution in [2.24, 2.45) is 0 Å². The molecule has 0 aromatic rings. The van der Waals surface area contributed by atoms with Crippen LogP contribution in [-0.4, -0.2) is 78.7 Å². The minimum Gasteiger partial charge on any atom is -0.389 e. The molecule has 0 saturated carbocycles. The molecule has 0 amide bonds. The standard InChI is InChI=1S/C14H27F3N2O2/c1-13(2,3)21-10-12(20)9-18-5-4-6-19(8-7-18)11-14(15,16)17/h12,20H,4-11H2,1-3H3. The number of aliphatic hydroxyl groups is 1. The Morgan fingerprint density at radius 3 is 2.19 bits per heavy atom. The maximum atomic E-state index is 12.4. The minimum absolute atomic E-state index is 0.242. The van der Waals surface area contributed by atoms with E-state index in [2.05, 4.69) is 0 Å². The maximum absolute atomic E-state index is 12.4. The van der Waals surface area contributed by atoms with Crippen LogP contribution in [-0.2, 0) is 4.74 Å². The molecule has 1 fully saturated rings. The van der Waals surface area contributed by atoms with E-state index < -0.39 is 18.8 Å². The second-order valence-corrected chi connectivity index (χ2v) is 6.62. The van der Waals surface area contributed by atoms with Gasteiger partial charge in [-0.3, -0.25) is 9.80 Å². The number of nitrogens with zero attached hydrogens (tertiary/aromatic N) is 2. The molecule has 0 aromatic carbocycles. The summed E-state index contributed by atoms with van der Waals surface area (Å²) in [6.07, 6.45) is -4.07. The van der Waals surface area contributed by atoms with Crippen LogP contribution >= 0.6 is 0 Å². The Morgan fingerprint density at radius 2 is 1.62 bits per heavy atom. The molecular formula is C14H27F3N2O2. The number of β-amino-alcohol motifs (C(OH)–C–C–N with tert-alkyl or cyclic N) is 1. The molecule has 126 valence electrons. The van der Waals surface area contributed by atoms with Gasteiger partial charge in [0.2, 0.25) is 0 Å². The zero-order valence-electron chi connectivity index (χ0n) is 13.1. The molecule has 1 unspecified atom stereocenters. The van der Waals surface area contributed by atoms with Crippen LogP contribution in [0.15, 0.2) is 0 Å². The summed E-state index contributed by atoms with van der Waals surface area (Å²) in [5.74, 6) is 0. The fourth-order valence-corrected chi connectivity index (χ4v) is 2.32. The van der Waals surface area contributed by atoms with E-state index in [0.29, 0.717) is 39.1 Å². The van der Waals surface area contributed by atoms with Gasteiger partial charge >= 0.3 is 6.18 Å². The molecule has 21 heavy (non-hydrogen) atoms. The molecule has 4 nitrogen and oxygen atoms in total. The highest BCUT2D eigenvalue weighted by atomic mass is 19.4. The average Bonchev–Trinajstić information content (AvgIpc) is 2.49. The van der Waals surface area contributed by atoms with Crippen LogP contribution in [0.1, 0.15) is 27.2 Å². The number of aliphatic hydroxyl groups excluding tert-OH is 1. The van der Waals surface area contributed by atoms with Crippen LogP contribution < -0.4 is 0 Å². The molecular weight excluding hydrogens is 285 g/mol. The number of hydrogen-bond acceptors (Lipinski definition) is 4. The smallest absolute Gasteiger partial charge is 0.389 e. The summed E-state index contributed by atoms with van der Waals surface area (Å²) in [7, 11) is 0. The minimum atomic E-state index is -4.14. The Labute approximate surface area is 124 Å². The molecule has 0 aromatic heterocycles. The summed E-state index contributed by atoms with van der Waals surface area (Å²) in [5.41, 5.74) is -0.302. The van der Waals surface area contributed by atoms with Gasteiger partial charge in [0.25, 0.3) is 0 Å². The highest BCUT2D eigenvalue weighted by molar-refractivity contribution is 4.74. The summed E-state index contributed by atoms with van der Waals surface area (Å²) in [6, 6.07) is 0. The van der Waals surface area contributed by atoms with Gasteiger partial charge in [-0.15, -0.1) is 0 Å². The van der Waals surface area contributed by atoms with Crippen LogP contribution in [0.5, 0.6) is 0 Å². The van der Waals surface area contributed by atoms with E-state index in [1.54, 1.807) is 0 Å². The third-order valence-corrected chi connectivity index (χ3v) is 3.26. The van der Waals surface area contributed by atoms with Crippen LogP contribution in [0.2, 0.25) is 0 Å². The van der Waals surface area contributed by atoms with Crippen molar-refractivity contribution < 1.29 is 23.0 Å². The van der Waals surface area contributed by atoms with E-state index in [-0.39, 0.29) is 12.2 Å². The van der Waals surface area contributed by atoms with Gasteiger partial charge in [-0.1, -0.05) is 0 Å². The second-order valence-electron chi connectivity index (χ2n) is 6.62. The van der Waals surface area contributed by atoms with E-state index in [0.717, 1.165) is 0 Å². The normalized spacial score (nSPS) is 21.3. The molecule has 1 aliphatic heterocycles. The molecule has 1 aliphatic rings. The Kier molecular flexibility index (Phi) is 6.90. The van der Waals surface area contributed by atoms with Crippen molar-refractivity contribution in [2.75, 3.05) is 45.9 Å². The van der Waals surface area contributed by atoms with Gasteiger partial charge in [0.1, 0.15) is 0 Å². The van der Waals surface area contributed by atoms with E-state index in [4.69, 9.17) is 4.74 Å². The monoisotopic (exact) mass is 312 g/mol. The van der Waals surface area contributed by atoms with Crippen LogP contribution in [0.25, 0.3) is 0 Å². The highest BCUT2D eigenvalue weighted by Crippen LogP contribution is 2.17. The molecule has 1 N–H and O–H groups in total. The second kappa shape index (κ2) is 7.76. The summed E-state index contributed by atoms with van der Waals surface area (Å²) < 4.78 is 42.7. The molecule has 0 radical (unpaired) electrons. The third-order valence-electron chi connectivity index (χ3n) is 3.26. The van der Waals surface area contributed by atoms with Crippen LogP contribution in [0, 0.1) is 0 Å². The lowest BCUT2D eigenvalue weighted by molar-refractivity contribution is -0.145. The molecule has 0 bridgehead atoms. The van der Waals surface area contributed by atoms with E-state index in [1.165, 1.54) is 4.90 Å². The van der Waals surface area contributed by atoms with Gasteiger partial charge in [0, 0.05) is 19.6 Å². The summed E-state index contributed by atoms with van der Waals surface area (Å²) in [4.78, 5) is 3.44. The Hall–Kier alpha value is -0.370. The van der Waals surface area contributed by atoms with Crippen molar-refractivity contribution in [2.45, 2.75) is 45.1 Å². The topological polar surface area (TPSA) is 35.9 Å². The Balaban J connectivity index is 2.31. The lowest BCUT2D eigenvalue weighted by atomic mass is 10.2. The highest BCUT2D eigenvalue weighted by Gasteiger charge is 2.31. The molecule has 0 aliphatic carbocycles. The van der Waals surface area contributed by atoms with E-state index in [1.807, 2.05) is 25.7 Å². The van der Waals surface area contributed by atoms with Gasteiger partial charge in [-0.05, 0) is 40.3 Å². The first kappa shape index (κ1) is 18.7. The number of ether oxygens (including phenoxy) is 1.